The summed E-state index contributed by atoms with van der Waals surface area (Å²) in [5, 5.41) is 0. The van der Waals surface area contributed by atoms with Crippen molar-refractivity contribution in [2.24, 2.45) is 0 Å². The molecule has 2 heterocycles. The minimum Gasteiger partial charge on any atom is -0.465 e. The summed E-state index contributed by atoms with van der Waals surface area (Å²) in [6, 6.07) is 13.7. The van der Waals surface area contributed by atoms with Crippen LogP contribution in [0.3, 0.4) is 0 Å². The number of benzene rings is 2. The highest BCUT2D eigenvalue weighted by atomic mass is 32.2. The second kappa shape index (κ2) is 11.2. The summed E-state index contributed by atoms with van der Waals surface area (Å²) in [5.41, 5.74) is 2.54. The fraction of sp³-hybridized carbons (Fsp3) is 0.385. The maximum Gasteiger partial charge on any atom is 0.337 e. The van der Waals surface area contributed by atoms with Crippen molar-refractivity contribution in [3.05, 3.63) is 71.1 Å². The Kier molecular flexibility index (Phi) is 8.00. The number of esters is 1. The summed E-state index contributed by atoms with van der Waals surface area (Å²) in [6.07, 6.45) is 1.92. The third kappa shape index (κ3) is 6.36. The first-order valence-electron chi connectivity index (χ1n) is 11.6. The number of sulfone groups is 1. The molecule has 1 saturated heterocycles. The van der Waals surface area contributed by atoms with Crippen molar-refractivity contribution >= 4 is 15.8 Å². The molecule has 0 bridgehead atoms. The molecule has 0 aliphatic carbocycles. The van der Waals surface area contributed by atoms with Gasteiger partial charge in [0.05, 0.1) is 36.5 Å². The number of carbonyl (C=O) groups is 1. The summed E-state index contributed by atoms with van der Waals surface area (Å²) < 4.78 is 41.9. The van der Waals surface area contributed by atoms with Crippen LogP contribution in [0.25, 0.3) is 11.5 Å². The number of oxazole rings is 1. The van der Waals surface area contributed by atoms with E-state index in [-0.39, 0.29) is 10.6 Å². The summed E-state index contributed by atoms with van der Waals surface area (Å²) >= 11 is 0. The number of aromatic nitrogens is 1. The monoisotopic (exact) mass is 498 g/mol. The highest BCUT2D eigenvalue weighted by molar-refractivity contribution is 7.90. The minimum absolute atomic E-state index is 0.251. The highest BCUT2D eigenvalue weighted by Gasteiger charge is 2.21. The van der Waals surface area contributed by atoms with Gasteiger partial charge in [0.15, 0.2) is 9.84 Å². The molecule has 0 radical (unpaired) electrons. The zero-order chi connectivity index (χ0) is 24.8. The lowest BCUT2D eigenvalue weighted by atomic mass is 10.1. The first kappa shape index (κ1) is 25.1. The van der Waals surface area contributed by atoms with Crippen molar-refractivity contribution in [1.82, 2.24) is 9.88 Å². The van der Waals surface area contributed by atoms with Crippen LogP contribution in [0.15, 0.2) is 57.8 Å². The van der Waals surface area contributed by atoms with Gasteiger partial charge in [-0.3, -0.25) is 4.90 Å². The number of hydrogen-bond acceptors (Lipinski definition) is 8. The van der Waals surface area contributed by atoms with Crippen LogP contribution in [-0.4, -0.2) is 64.2 Å². The van der Waals surface area contributed by atoms with Crippen LogP contribution < -0.4 is 0 Å². The Morgan fingerprint density at radius 2 is 1.74 bits per heavy atom. The number of carbonyl (C=O) groups excluding carboxylic acids is 1. The standard InChI is InChI=1S/C26H30N2O6S/c1-19-24(27-25(34-19)21-7-9-22(10-8-21)26(29)32-2)18-35(30,31)23-11-5-20(6-12-23)4-3-13-28-14-16-33-17-15-28/h5-12H,3-4,13-18H2,1-2H3. The number of methoxy groups -OCH3 is 1. The third-order valence-electron chi connectivity index (χ3n) is 6.10. The first-order valence-corrected chi connectivity index (χ1v) is 13.3. The highest BCUT2D eigenvalue weighted by Crippen LogP contribution is 2.25. The molecule has 1 aliphatic rings. The molecular formula is C26H30N2O6S. The molecule has 0 saturated carbocycles. The zero-order valence-corrected chi connectivity index (χ0v) is 20.8. The van der Waals surface area contributed by atoms with Crippen molar-refractivity contribution in [2.45, 2.75) is 30.4 Å². The molecular weight excluding hydrogens is 468 g/mol. The van der Waals surface area contributed by atoms with Gasteiger partial charge in [0, 0.05) is 18.7 Å². The molecule has 0 unspecified atom stereocenters. The molecule has 0 spiro atoms. The van der Waals surface area contributed by atoms with E-state index in [9.17, 15) is 13.2 Å². The topological polar surface area (TPSA) is 98.9 Å². The lowest BCUT2D eigenvalue weighted by Crippen LogP contribution is -2.36. The van der Waals surface area contributed by atoms with Gasteiger partial charge in [-0.05, 0) is 68.3 Å². The molecule has 0 N–H and O–H groups in total. The van der Waals surface area contributed by atoms with Gasteiger partial charge in [0.1, 0.15) is 11.5 Å². The number of rotatable bonds is 9. The molecule has 2 aromatic carbocycles. The summed E-state index contributed by atoms with van der Waals surface area (Å²) in [7, 11) is -2.27. The van der Waals surface area contributed by atoms with Gasteiger partial charge in [-0.15, -0.1) is 0 Å². The van der Waals surface area contributed by atoms with Crippen LogP contribution >= 0.6 is 0 Å². The number of ether oxygens (including phenoxy) is 2. The Bertz CT molecular complexity index is 1240. The quantitative estimate of drug-likeness (QED) is 0.412. The number of aryl methyl sites for hydroxylation is 2. The van der Waals surface area contributed by atoms with Gasteiger partial charge >= 0.3 is 5.97 Å². The molecule has 186 valence electrons. The Hall–Kier alpha value is -3.01. The van der Waals surface area contributed by atoms with Crippen molar-refractivity contribution in [1.29, 1.82) is 0 Å². The van der Waals surface area contributed by atoms with Crippen molar-refractivity contribution in [3.63, 3.8) is 0 Å². The fourth-order valence-corrected chi connectivity index (χ4v) is 5.36. The molecule has 35 heavy (non-hydrogen) atoms. The van der Waals surface area contributed by atoms with Gasteiger partial charge in [0.25, 0.3) is 0 Å². The molecule has 0 atom stereocenters. The largest absolute Gasteiger partial charge is 0.465 e. The second-order valence-electron chi connectivity index (χ2n) is 8.55. The Morgan fingerprint density at radius 1 is 1.06 bits per heavy atom. The van der Waals surface area contributed by atoms with E-state index in [0.717, 1.165) is 51.3 Å². The molecule has 4 rings (SSSR count). The van der Waals surface area contributed by atoms with Gasteiger partial charge < -0.3 is 13.9 Å². The van der Waals surface area contributed by atoms with Crippen LogP contribution in [0.5, 0.6) is 0 Å². The SMILES string of the molecule is COC(=O)c1ccc(-c2nc(CS(=O)(=O)c3ccc(CCCN4CCOCC4)cc3)c(C)o2)cc1. The maximum atomic E-state index is 13.0. The molecule has 9 heteroatoms. The lowest BCUT2D eigenvalue weighted by Gasteiger charge is -2.26. The lowest BCUT2D eigenvalue weighted by molar-refractivity contribution is 0.0374. The van der Waals surface area contributed by atoms with E-state index in [0.29, 0.717) is 28.5 Å². The summed E-state index contributed by atoms with van der Waals surface area (Å²) in [6.45, 7) is 6.24. The Labute approximate surface area is 205 Å². The Morgan fingerprint density at radius 3 is 2.40 bits per heavy atom. The summed E-state index contributed by atoms with van der Waals surface area (Å²) in [5.74, 6) is 0.0639. The molecule has 0 amide bonds. The van der Waals surface area contributed by atoms with E-state index >= 15 is 0 Å². The predicted octanol–water partition coefficient (Wildman–Crippen LogP) is 3.68. The van der Waals surface area contributed by atoms with E-state index in [1.165, 1.54) is 7.11 Å². The molecule has 1 fully saturated rings. The van der Waals surface area contributed by atoms with Gasteiger partial charge in [0.2, 0.25) is 5.89 Å². The van der Waals surface area contributed by atoms with Crippen LogP contribution in [0.1, 0.15) is 33.8 Å². The number of nitrogens with zero attached hydrogens (tertiary/aromatic N) is 2. The molecule has 8 nitrogen and oxygen atoms in total. The third-order valence-corrected chi connectivity index (χ3v) is 7.74. The first-order chi connectivity index (χ1) is 16.9. The predicted molar refractivity (Wildman–Crippen MR) is 131 cm³/mol. The summed E-state index contributed by atoms with van der Waals surface area (Å²) in [4.78, 5) is 18.7. The van der Waals surface area contributed by atoms with Crippen molar-refractivity contribution in [2.75, 3.05) is 40.0 Å². The van der Waals surface area contributed by atoms with E-state index in [4.69, 9.17) is 13.9 Å². The van der Waals surface area contributed by atoms with Gasteiger partial charge in [-0.2, -0.15) is 0 Å². The van der Waals surface area contributed by atoms with Gasteiger partial charge in [-0.25, -0.2) is 18.2 Å². The fourth-order valence-electron chi connectivity index (χ4n) is 4.01. The Balaban J connectivity index is 1.38. The van der Waals surface area contributed by atoms with E-state index in [1.807, 2.05) is 12.1 Å². The van der Waals surface area contributed by atoms with E-state index in [1.54, 1.807) is 43.3 Å². The molecule has 1 aromatic heterocycles. The van der Waals surface area contributed by atoms with Crippen LogP contribution in [-0.2, 0) is 31.5 Å². The minimum atomic E-state index is -3.59. The normalized spacial score (nSPS) is 14.7. The van der Waals surface area contributed by atoms with Gasteiger partial charge in [-0.1, -0.05) is 12.1 Å². The maximum absolute atomic E-state index is 13.0. The smallest absolute Gasteiger partial charge is 0.337 e. The van der Waals surface area contributed by atoms with E-state index in [2.05, 4.69) is 9.88 Å². The number of morpholine rings is 1. The molecule has 1 aliphatic heterocycles. The van der Waals surface area contributed by atoms with Crippen molar-refractivity contribution < 1.29 is 27.1 Å². The number of hydrogen-bond donors (Lipinski definition) is 0. The average Bonchev–Trinajstić information content (AvgIpc) is 3.24. The van der Waals surface area contributed by atoms with Crippen LogP contribution in [0.2, 0.25) is 0 Å². The second-order valence-corrected chi connectivity index (χ2v) is 10.5. The van der Waals surface area contributed by atoms with Crippen LogP contribution in [0, 0.1) is 6.92 Å². The average molecular weight is 499 g/mol. The van der Waals surface area contributed by atoms with Crippen LogP contribution in [0.4, 0.5) is 0 Å². The zero-order valence-electron chi connectivity index (χ0n) is 20.0. The van der Waals surface area contributed by atoms with Crippen molar-refractivity contribution in [3.8, 4) is 11.5 Å². The molecule has 3 aromatic rings. The van der Waals surface area contributed by atoms with E-state index < -0.39 is 15.8 Å².